The molecule has 0 saturated carbocycles. The van der Waals surface area contributed by atoms with Gasteiger partial charge in [-0.15, -0.1) is 0 Å². The highest BCUT2D eigenvalue weighted by Crippen LogP contribution is 2.25. The minimum Gasteiger partial charge on any atom is -0.457 e. The van der Waals surface area contributed by atoms with Gasteiger partial charge >= 0.3 is 12.2 Å². The van der Waals surface area contributed by atoms with Crippen molar-refractivity contribution >= 4 is 17.6 Å². The topological polar surface area (TPSA) is 70.7 Å². The van der Waals surface area contributed by atoms with Crippen LogP contribution >= 0.6 is 0 Å². The zero-order valence-corrected chi connectivity index (χ0v) is 16.3. The second-order valence-electron chi connectivity index (χ2n) is 7.06. The summed E-state index contributed by atoms with van der Waals surface area (Å²) in [6, 6.07) is 12.8. The number of hydrogen-bond acceptors (Lipinski definition) is 3. The maximum absolute atomic E-state index is 12.5. The summed E-state index contributed by atoms with van der Waals surface area (Å²) in [4.78, 5) is 25.8. The molecule has 1 unspecified atom stereocenters. The Balaban J connectivity index is 1.57. The fourth-order valence-electron chi connectivity index (χ4n) is 3.20. The van der Waals surface area contributed by atoms with E-state index in [1.54, 1.807) is 24.3 Å². The summed E-state index contributed by atoms with van der Waals surface area (Å²) in [5.41, 5.74) is 1.55. The lowest BCUT2D eigenvalue weighted by Gasteiger charge is -2.24. The number of alkyl halides is 3. The first-order valence-corrected chi connectivity index (χ1v) is 9.48. The van der Waals surface area contributed by atoms with E-state index in [-0.39, 0.29) is 0 Å². The first-order valence-electron chi connectivity index (χ1n) is 9.48. The summed E-state index contributed by atoms with van der Waals surface area (Å²) < 4.78 is 42.7. The number of carbonyl (C=O) groups excluding carboxylic acids is 2. The van der Waals surface area contributed by atoms with Crippen molar-refractivity contribution in [3.63, 3.8) is 0 Å². The van der Waals surface area contributed by atoms with E-state index >= 15 is 0 Å². The molecule has 1 fully saturated rings. The van der Waals surface area contributed by atoms with Crippen molar-refractivity contribution in [1.82, 2.24) is 10.2 Å². The van der Waals surface area contributed by atoms with Crippen molar-refractivity contribution < 1.29 is 27.5 Å². The van der Waals surface area contributed by atoms with Crippen LogP contribution in [0.4, 0.5) is 23.7 Å². The third kappa shape index (κ3) is 5.88. The minimum absolute atomic E-state index is 0.296. The molecule has 0 aromatic heterocycles. The first kappa shape index (κ1) is 21.5. The first-order chi connectivity index (χ1) is 14.2. The lowest BCUT2D eigenvalue weighted by atomic mass is 10.2. The second kappa shape index (κ2) is 9.06. The van der Waals surface area contributed by atoms with Gasteiger partial charge in [0.15, 0.2) is 0 Å². The molecule has 2 aromatic carbocycles. The van der Waals surface area contributed by atoms with Crippen molar-refractivity contribution in [2.75, 3.05) is 18.4 Å². The zero-order chi connectivity index (χ0) is 21.7. The number of nitrogens with one attached hydrogen (secondary N) is 2. The van der Waals surface area contributed by atoms with Crippen LogP contribution in [0.1, 0.15) is 18.4 Å². The molecule has 1 aliphatic heterocycles. The van der Waals surface area contributed by atoms with E-state index in [4.69, 9.17) is 4.74 Å². The molecule has 30 heavy (non-hydrogen) atoms. The monoisotopic (exact) mass is 421 g/mol. The van der Waals surface area contributed by atoms with Gasteiger partial charge < -0.3 is 20.3 Å². The lowest BCUT2D eigenvalue weighted by molar-refractivity contribution is -0.140. The van der Waals surface area contributed by atoms with Crippen molar-refractivity contribution in [2.24, 2.45) is 0 Å². The van der Waals surface area contributed by atoms with E-state index in [0.29, 0.717) is 36.6 Å². The molecule has 0 spiro atoms. The number of anilines is 1. The number of ether oxygens (including phenoxy) is 1. The molecule has 0 bridgehead atoms. The Hall–Kier alpha value is -3.23. The summed E-state index contributed by atoms with van der Waals surface area (Å²) in [6.07, 6.45) is -3.63. The average molecular weight is 421 g/mol. The number of rotatable bonds is 5. The van der Waals surface area contributed by atoms with Gasteiger partial charge in [-0.05, 0) is 61.7 Å². The Kier molecular flexibility index (Phi) is 6.49. The van der Waals surface area contributed by atoms with Gasteiger partial charge in [-0.25, -0.2) is 4.79 Å². The maximum atomic E-state index is 12.5. The quantitative estimate of drug-likeness (QED) is 0.749. The molecule has 1 saturated heterocycles. The largest absolute Gasteiger partial charge is 0.457 e. The molecule has 2 aromatic rings. The standard InChI is InChI=1S/C21H22F3N3O3/c1-14-4-2-5-17(12-14)30-16-9-7-15(8-10-16)26-20(29)27-11-3-6-18(27)19(28)25-13-21(22,23)24/h2,4-5,7-10,12,18H,3,6,11,13H2,1H3,(H,25,28)(H,26,29). The number of nitrogens with zero attached hydrogens (tertiary/aromatic N) is 1. The summed E-state index contributed by atoms with van der Waals surface area (Å²) >= 11 is 0. The van der Waals surface area contributed by atoms with Crippen LogP contribution in [0.15, 0.2) is 48.5 Å². The van der Waals surface area contributed by atoms with E-state index < -0.39 is 30.7 Å². The number of amides is 3. The molecule has 3 amide bonds. The van der Waals surface area contributed by atoms with E-state index in [2.05, 4.69) is 5.32 Å². The normalized spacial score (nSPS) is 16.3. The summed E-state index contributed by atoms with van der Waals surface area (Å²) in [6.45, 7) is 0.838. The van der Waals surface area contributed by atoms with Crippen molar-refractivity contribution in [1.29, 1.82) is 0 Å². The van der Waals surface area contributed by atoms with E-state index in [9.17, 15) is 22.8 Å². The molecule has 1 atom stereocenters. The van der Waals surface area contributed by atoms with Gasteiger partial charge in [0.25, 0.3) is 0 Å². The highest BCUT2D eigenvalue weighted by molar-refractivity contribution is 5.94. The predicted octanol–water partition coefficient (Wildman–Crippen LogP) is 4.46. The van der Waals surface area contributed by atoms with Gasteiger partial charge in [-0.3, -0.25) is 4.79 Å². The van der Waals surface area contributed by atoms with Crippen LogP contribution in [0, 0.1) is 6.92 Å². The molecule has 6 nitrogen and oxygen atoms in total. The van der Waals surface area contributed by atoms with Crippen molar-refractivity contribution in [3.8, 4) is 11.5 Å². The Labute approximate surface area is 172 Å². The number of likely N-dealkylation sites (tertiary alicyclic amines) is 1. The fraction of sp³-hybridized carbons (Fsp3) is 0.333. The van der Waals surface area contributed by atoms with Crippen LogP contribution in [0.25, 0.3) is 0 Å². The summed E-state index contributed by atoms with van der Waals surface area (Å²) in [5, 5.41) is 4.52. The van der Waals surface area contributed by atoms with Gasteiger partial charge in [0.05, 0.1) is 0 Å². The van der Waals surface area contributed by atoms with Crippen LogP contribution in [0.2, 0.25) is 0 Å². The van der Waals surface area contributed by atoms with Crippen molar-refractivity contribution in [2.45, 2.75) is 32.0 Å². The lowest BCUT2D eigenvalue weighted by Crippen LogP contribution is -2.49. The van der Waals surface area contributed by atoms with E-state index in [1.165, 1.54) is 4.90 Å². The number of benzene rings is 2. The third-order valence-electron chi connectivity index (χ3n) is 4.61. The van der Waals surface area contributed by atoms with Gasteiger partial charge in [0.1, 0.15) is 24.1 Å². The zero-order valence-electron chi connectivity index (χ0n) is 16.3. The molecular formula is C21H22F3N3O3. The molecule has 1 heterocycles. The number of carbonyl (C=O) groups is 2. The third-order valence-corrected chi connectivity index (χ3v) is 4.61. The van der Waals surface area contributed by atoms with Crippen LogP contribution < -0.4 is 15.4 Å². The summed E-state index contributed by atoms with van der Waals surface area (Å²) in [7, 11) is 0. The number of hydrogen-bond donors (Lipinski definition) is 2. The molecule has 0 radical (unpaired) electrons. The fourth-order valence-corrected chi connectivity index (χ4v) is 3.20. The Morgan fingerprint density at radius 1 is 1.13 bits per heavy atom. The molecule has 160 valence electrons. The summed E-state index contributed by atoms with van der Waals surface area (Å²) in [5.74, 6) is 0.475. The molecule has 2 N–H and O–H groups in total. The Morgan fingerprint density at radius 2 is 1.87 bits per heavy atom. The van der Waals surface area contributed by atoms with Gasteiger partial charge in [-0.2, -0.15) is 13.2 Å². The van der Waals surface area contributed by atoms with E-state index in [1.807, 2.05) is 36.5 Å². The van der Waals surface area contributed by atoms with Gasteiger partial charge in [-0.1, -0.05) is 12.1 Å². The molecule has 9 heteroatoms. The molecule has 1 aliphatic rings. The van der Waals surface area contributed by atoms with Crippen LogP contribution in [-0.4, -0.2) is 42.1 Å². The Bertz CT molecular complexity index is 900. The Morgan fingerprint density at radius 3 is 2.53 bits per heavy atom. The predicted molar refractivity (Wildman–Crippen MR) is 106 cm³/mol. The number of halogens is 3. The van der Waals surface area contributed by atoms with Crippen LogP contribution in [0.3, 0.4) is 0 Å². The van der Waals surface area contributed by atoms with Crippen LogP contribution in [0.5, 0.6) is 11.5 Å². The molecular weight excluding hydrogens is 399 g/mol. The number of urea groups is 1. The minimum atomic E-state index is -4.50. The number of aryl methyl sites for hydroxylation is 1. The van der Waals surface area contributed by atoms with Crippen molar-refractivity contribution in [3.05, 3.63) is 54.1 Å². The molecule has 0 aliphatic carbocycles. The highest BCUT2D eigenvalue weighted by Gasteiger charge is 2.36. The smallest absolute Gasteiger partial charge is 0.405 e. The van der Waals surface area contributed by atoms with Gasteiger partial charge in [0.2, 0.25) is 5.91 Å². The van der Waals surface area contributed by atoms with Crippen LogP contribution in [-0.2, 0) is 4.79 Å². The maximum Gasteiger partial charge on any atom is 0.405 e. The SMILES string of the molecule is Cc1cccc(Oc2ccc(NC(=O)N3CCCC3C(=O)NCC(F)(F)F)cc2)c1. The average Bonchev–Trinajstić information content (AvgIpc) is 3.17. The van der Waals surface area contributed by atoms with E-state index in [0.717, 1.165) is 5.56 Å². The van der Waals surface area contributed by atoms with Gasteiger partial charge in [0, 0.05) is 12.2 Å². The molecule has 3 rings (SSSR count). The second-order valence-corrected chi connectivity index (χ2v) is 7.06. The highest BCUT2D eigenvalue weighted by atomic mass is 19.4.